The topological polar surface area (TPSA) is 87.8 Å². The van der Waals surface area contributed by atoms with E-state index in [0.29, 0.717) is 0 Å². The van der Waals surface area contributed by atoms with Gasteiger partial charge < -0.3 is 14.2 Å². The second-order valence-electron chi connectivity index (χ2n) is 3.66. The number of nitrogens with two attached hydrogens (primary N) is 1. The summed E-state index contributed by atoms with van der Waals surface area (Å²) in [4.78, 5) is 22.0. The van der Waals surface area contributed by atoms with Crippen LogP contribution in [0.15, 0.2) is 0 Å². The molecule has 0 amide bonds. The van der Waals surface area contributed by atoms with Crippen molar-refractivity contribution >= 4 is 12.1 Å². The summed E-state index contributed by atoms with van der Waals surface area (Å²) in [6, 6.07) is 0. The minimum absolute atomic E-state index is 0.229. The monoisotopic (exact) mass is 203 g/mol. The lowest BCUT2D eigenvalue weighted by molar-refractivity contribution is -0.146. The largest absolute Gasteiger partial charge is 0.510 e. The zero-order chi connectivity index (χ0) is 10.8. The summed E-state index contributed by atoms with van der Waals surface area (Å²) in [5.41, 5.74) is 4.44. The summed E-state index contributed by atoms with van der Waals surface area (Å²) in [5.74, 6) is -0.552. The van der Waals surface area contributed by atoms with Gasteiger partial charge in [0, 0.05) is 5.41 Å². The third-order valence-corrected chi connectivity index (χ3v) is 1.93. The van der Waals surface area contributed by atoms with E-state index in [4.69, 9.17) is 15.2 Å². The fourth-order valence-corrected chi connectivity index (χ4v) is 1.13. The number of ether oxygens (including phenoxy) is 3. The van der Waals surface area contributed by atoms with Gasteiger partial charge in [0.25, 0.3) is 0 Å². The number of cyclic esters (lactones) is 1. The molecule has 0 unspecified atom stereocenters. The van der Waals surface area contributed by atoms with Crippen molar-refractivity contribution < 1.29 is 23.8 Å². The van der Waals surface area contributed by atoms with Crippen molar-refractivity contribution in [1.82, 2.24) is 0 Å². The Bertz CT molecular complexity index is 250. The van der Waals surface area contributed by atoms with Gasteiger partial charge in [0.1, 0.15) is 13.3 Å². The maximum atomic E-state index is 11.1. The molecule has 2 N–H and O–H groups in total. The van der Waals surface area contributed by atoms with Crippen molar-refractivity contribution in [2.24, 2.45) is 11.1 Å². The van der Waals surface area contributed by atoms with Gasteiger partial charge in [-0.3, -0.25) is 5.73 Å². The molecule has 0 aromatic heterocycles. The van der Waals surface area contributed by atoms with Gasteiger partial charge in [-0.05, 0) is 0 Å². The van der Waals surface area contributed by atoms with Crippen LogP contribution in [0.2, 0.25) is 0 Å². The summed E-state index contributed by atoms with van der Waals surface area (Å²) >= 11 is 0. The van der Waals surface area contributed by atoms with Crippen LogP contribution >= 0.6 is 0 Å². The van der Waals surface area contributed by atoms with Crippen LogP contribution in [0.1, 0.15) is 13.8 Å². The van der Waals surface area contributed by atoms with Gasteiger partial charge in [-0.15, -0.1) is 0 Å². The van der Waals surface area contributed by atoms with Gasteiger partial charge in [-0.25, -0.2) is 9.59 Å². The lowest BCUT2D eigenvalue weighted by Gasteiger charge is -2.20. The summed E-state index contributed by atoms with van der Waals surface area (Å²) in [5, 5.41) is 0. The van der Waals surface area contributed by atoms with Gasteiger partial charge in [0.05, 0.1) is 0 Å². The van der Waals surface area contributed by atoms with E-state index < -0.39 is 23.6 Å². The molecule has 6 nitrogen and oxygen atoms in total. The van der Waals surface area contributed by atoms with Crippen LogP contribution < -0.4 is 5.73 Å². The normalized spacial score (nSPS) is 24.2. The van der Waals surface area contributed by atoms with Crippen molar-refractivity contribution in [3.8, 4) is 0 Å². The van der Waals surface area contributed by atoms with E-state index in [-0.39, 0.29) is 13.3 Å². The number of hydrogen-bond acceptors (Lipinski definition) is 6. The molecule has 1 aliphatic rings. The Morgan fingerprint density at radius 2 is 2.36 bits per heavy atom. The molecule has 1 atom stereocenters. The van der Waals surface area contributed by atoms with Crippen molar-refractivity contribution in [2.45, 2.75) is 20.0 Å². The van der Waals surface area contributed by atoms with Crippen LogP contribution in [-0.2, 0) is 19.0 Å². The van der Waals surface area contributed by atoms with Gasteiger partial charge >= 0.3 is 12.1 Å². The number of hydrogen-bond donors (Lipinski definition) is 1. The van der Waals surface area contributed by atoms with Crippen LogP contribution in [-0.4, -0.2) is 31.6 Å². The molecule has 80 valence electrons. The van der Waals surface area contributed by atoms with Gasteiger partial charge in [-0.1, -0.05) is 13.8 Å². The molecule has 0 radical (unpaired) electrons. The van der Waals surface area contributed by atoms with E-state index in [0.717, 1.165) is 0 Å². The number of rotatable bonds is 2. The van der Waals surface area contributed by atoms with Crippen LogP contribution in [0.4, 0.5) is 4.79 Å². The number of carbonyl (C=O) groups is 2. The highest BCUT2D eigenvalue weighted by Gasteiger charge is 2.46. The molecular formula is C8H13NO5. The highest BCUT2D eigenvalue weighted by Crippen LogP contribution is 2.31. The first-order valence-electron chi connectivity index (χ1n) is 4.17. The first kappa shape index (κ1) is 10.8. The molecule has 0 aromatic carbocycles. The molecule has 1 saturated heterocycles. The second-order valence-corrected chi connectivity index (χ2v) is 3.66. The first-order valence-corrected chi connectivity index (χ1v) is 4.17. The fourth-order valence-electron chi connectivity index (χ4n) is 1.13. The quantitative estimate of drug-likeness (QED) is 0.502. The van der Waals surface area contributed by atoms with Crippen molar-refractivity contribution in [3.63, 3.8) is 0 Å². The zero-order valence-electron chi connectivity index (χ0n) is 8.11. The molecule has 0 spiro atoms. The Morgan fingerprint density at radius 3 is 2.79 bits per heavy atom. The summed E-state index contributed by atoms with van der Waals surface area (Å²) < 4.78 is 13.9. The van der Waals surface area contributed by atoms with Gasteiger partial charge in [-0.2, -0.15) is 0 Å². The summed E-state index contributed by atoms with van der Waals surface area (Å²) in [6.45, 7) is 3.48. The van der Waals surface area contributed by atoms with Crippen LogP contribution in [0, 0.1) is 5.41 Å². The van der Waals surface area contributed by atoms with E-state index in [1.54, 1.807) is 13.8 Å². The highest BCUT2D eigenvalue weighted by molar-refractivity contribution is 5.80. The highest BCUT2D eigenvalue weighted by atomic mass is 16.7. The summed E-state index contributed by atoms with van der Waals surface area (Å²) in [7, 11) is 0. The van der Waals surface area contributed by atoms with Gasteiger partial charge in [0.2, 0.25) is 6.10 Å². The molecule has 0 aromatic rings. The smallest absolute Gasteiger partial charge is 0.462 e. The van der Waals surface area contributed by atoms with E-state index in [1.807, 2.05) is 0 Å². The molecule has 0 aliphatic carbocycles. The Morgan fingerprint density at radius 1 is 1.71 bits per heavy atom. The standard InChI is InChI=1S/C8H13NO5/c1-8(2)3-12-6(10)5(8)14-7(11)13-4-9/h5H,3-4,9H2,1-2H3/t5-/m1/s1. The number of carbonyl (C=O) groups excluding carboxylic acids is 2. The Hall–Kier alpha value is -1.30. The van der Waals surface area contributed by atoms with Gasteiger partial charge in [0.15, 0.2) is 0 Å². The maximum Gasteiger partial charge on any atom is 0.510 e. The molecule has 1 rings (SSSR count). The van der Waals surface area contributed by atoms with E-state index >= 15 is 0 Å². The molecule has 1 heterocycles. The molecule has 0 saturated carbocycles. The predicted molar refractivity (Wildman–Crippen MR) is 45.1 cm³/mol. The number of esters is 1. The van der Waals surface area contributed by atoms with E-state index in [9.17, 15) is 9.59 Å². The summed E-state index contributed by atoms with van der Waals surface area (Å²) in [6.07, 6.45) is -1.87. The molecule has 0 bridgehead atoms. The molecule has 1 fully saturated rings. The fraction of sp³-hybridized carbons (Fsp3) is 0.750. The third-order valence-electron chi connectivity index (χ3n) is 1.93. The predicted octanol–water partition coefficient (Wildman–Crippen LogP) is 0.00740. The Balaban J connectivity index is 2.58. The lowest BCUT2D eigenvalue weighted by atomic mass is 9.90. The molecular weight excluding hydrogens is 190 g/mol. The molecule has 6 heteroatoms. The SMILES string of the molecule is CC1(C)COC(=O)[C@H]1OC(=O)OCN. The lowest BCUT2D eigenvalue weighted by Crippen LogP contribution is -2.35. The zero-order valence-corrected chi connectivity index (χ0v) is 8.11. The molecule has 1 aliphatic heterocycles. The third kappa shape index (κ3) is 2.14. The van der Waals surface area contributed by atoms with Crippen molar-refractivity contribution in [2.75, 3.05) is 13.3 Å². The maximum absolute atomic E-state index is 11.1. The first-order chi connectivity index (χ1) is 6.47. The molecule has 14 heavy (non-hydrogen) atoms. The minimum Gasteiger partial charge on any atom is -0.462 e. The second kappa shape index (κ2) is 3.83. The van der Waals surface area contributed by atoms with Crippen molar-refractivity contribution in [1.29, 1.82) is 0 Å². The Labute approximate surface area is 81.3 Å². The van der Waals surface area contributed by atoms with E-state index in [2.05, 4.69) is 4.74 Å². The van der Waals surface area contributed by atoms with Crippen LogP contribution in [0.25, 0.3) is 0 Å². The minimum atomic E-state index is -0.954. The van der Waals surface area contributed by atoms with Crippen molar-refractivity contribution in [3.05, 3.63) is 0 Å². The Kier molecular flexibility index (Phi) is 2.95. The van der Waals surface area contributed by atoms with E-state index in [1.165, 1.54) is 0 Å². The average molecular weight is 203 g/mol. The van der Waals surface area contributed by atoms with Crippen LogP contribution in [0.3, 0.4) is 0 Å². The van der Waals surface area contributed by atoms with Crippen LogP contribution in [0.5, 0.6) is 0 Å². The average Bonchev–Trinajstić information content (AvgIpc) is 2.32.